The number of ether oxygens (including phenoxy) is 3. The zero-order valence-electron chi connectivity index (χ0n) is 16.6. The third-order valence-corrected chi connectivity index (χ3v) is 8.26. The van der Waals surface area contributed by atoms with Gasteiger partial charge >= 0.3 is 0 Å². The lowest BCUT2D eigenvalue weighted by molar-refractivity contribution is -0.0328. The van der Waals surface area contributed by atoms with Crippen LogP contribution in [0, 0.1) is 6.92 Å². The highest BCUT2D eigenvalue weighted by molar-refractivity contribution is 7.89. The number of rotatable bonds is 4. The van der Waals surface area contributed by atoms with E-state index in [1.54, 1.807) is 23.4 Å². The molecular weight excluding hydrogens is 382 g/mol. The summed E-state index contributed by atoms with van der Waals surface area (Å²) in [6, 6.07) is 3.60. The zero-order valence-corrected chi connectivity index (χ0v) is 17.4. The first-order valence-corrected chi connectivity index (χ1v) is 11.4. The van der Waals surface area contributed by atoms with Crippen LogP contribution in [0.15, 0.2) is 17.0 Å². The Morgan fingerprint density at radius 1 is 1.18 bits per heavy atom. The van der Waals surface area contributed by atoms with Crippen LogP contribution in [0.5, 0.6) is 5.88 Å². The number of aromatic nitrogens is 1. The first-order chi connectivity index (χ1) is 13.4. The maximum Gasteiger partial charge on any atom is 0.244 e. The third-order valence-electron chi connectivity index (χ3n) is 6.22. The average Bonchev–Trinajstić information content (AvgIpc) is 3.12. The van der Waals surface area contributed by atoms with Crippen LogP contribution in [0.4, 0.5) is 0 Å². The number of morpholine rings is 1. The third kappa shape index (κ3) is 3.78. The molecule has 9 heteroatoms. The molecule has 1 unspecified atom stereocenters. The molecule has 3 saturated heterocycles. The molecule has 0 bridgehead atoms. The quantitative estimate of drug-likeness (QED) is 0.732. The molecule has 28 heavy (non-hydrogen) atoms. The van der Waals surface area contributed by atoms with Crippen molar-refractivity contribution < 1.29 is 22.6 Å². The standard InChI is InChI=1S/C19H29N3O5S/c1-15-17(3-4-18(20-15)25-2)28(23,24)22-7-5-19(6-8-22)13-16(14-27-19)21-9-11-26-12-10-21/h3-4,16H,5-14H2,1-2H3. The molecule has 1 spiro atoms. The van der Waals surface area contributed by atoms with Crippen molar-refractivity contribution in [3.8, 4) is 5.88 Å². The van der Waals surface area contributed by atoms with E-state index >= 15 is 0 Å². The Hall–Kier alpha value is -1.26. The van der Waals surface area contributed by atoms with Crippen molar-refractivity contribution in [2.24, 2.45) is 0 Å². The van der Waals surface area contributed by atoms with Gasteiger partial charge in [0.15, 0.2) is 0 Å². The number of aryl methyl sites for hydroxylation is 1. The number of hydrogen-bond acceptors (Lipinski definition) is 7. The predicted octanol–water partition coefficient (Wildman–Crippen LogP) is 1.04. The highest BCUT2D eigenvalue weighted by Crippen LogP contribution is 2.39. The van der Waals surface area contributed by atoms with Crippen molar-refractivity contribution >= 4 is 10.0 Å². The maximum absolute atomic E-state index is 13.1. The molecule has 3 aliphatic heterocycles. The van der Waals surface area contributed by atoms with Gasteiger partial charge in [0.2, 0.25) is 15.9 Å². The van der Waals surface area contributed by atoms with Gasteiger partial charge in [-0.25, -0.2) is 13.4 Å². The fourth-order valence-corrected chi connectivity index (χ4v) is 6.13. The fraction of sp³-hybridized carbons (Fsp3) is 0.737. The van der Waals surface area contributed by atoms with Crippen molar-refractivity contribution in [1.82, 2.24) is 14.2 Å². The molecular formula is C19H29N3O5S. The van der Waals surface area contributed by atoms with Crippen LogP contribution in [0.3, 0.4) is 0 Å². The second-order valence-electron chi connectivity index (χ2n) is 7.84. The van der Waals surface area contributed by atoms with Crippen LogP contribution >= 0.6 is 0 Å². The van der Waals surface area contributed by atoms with E-state index in [1.165, 1.54) is 7.11 Å². The summed E-state index contributed by atoms with van der Waals surface area (Å²) < 4.78 is 44.5. The SMILES string of the molecule is COc1ccc(S(=O)(=O)N2CCC3(CC2)CC(N2CCOCC2)CO3)c(C)n1. The van der Waals surface area contributed by atoms with Crippen molar-refractivity contribution in [3.05, 3.63) is 17.8 Å². The normalized spacial score (nSPS) is 26.6. The number of pyridine rings is 1. The van der Waals surface area contributed by atoms with Crippen LogP contribution in [-0.4, -0.2) is 87.4 Å². The molecule has 0 N–H and O–H groups in total. The van der Waals surface area contributed by atoms with Gasteiger partial charge in [-0.1, -0.05) is 0 Å². The van der Waals surface area contributed by atoms with Gasteiger partial charge < -0.3 is 14.2 Å². The molecule has 0 radical (unpaired) electrons. The molecule has 156 valence electrons. The Morgan fingerprint density at radius 2 is 1.89 bits per heavy atom. The minimum Gasteiger partial charge on any atom is -0.481 e. The molecule has 1 aromatic rings. The van der Waals surface area contributed by atoms with Gasteiger partial charge in [-0.15, -0.1) is 0 Å². The van der Waals surface area contributed by atoms with E-state index in [9.17, 15) is 8.42 Å². The average molecular weight is 412 g/mol. The minimum absolute atomic E-state index is 0.192. The van der Waals surface area contributed by atoms with E-state index in [1.807, 2.05) is 0 Å². The summed E-state index contributed by atoms with van der Waals surface area (Å²) in [5.41, 5.74) is 0.270. The van der Waals surface area contributed by atoms with Gasteiger partial charge in [0.05, 0.1) is 38.2 Å². The number of nitrogens with zero attached hydrogens (tertiary/aromatic N) is 3. The summed E-state index contributed by atoms with van der Waals surface area (Å²) in [7, 11) is -2.05. The Morgan fingerprint density at radius 3 is 2.54 bits per heavy atom. The second-order valence-corrected chi connectivity index (χ2v) is 9.75. The molecule has 0 aromatic carbocycles. The largest absolute Gasteiger partial charge is 0.481 e. The van der Waals surface area contributed by atoms with E-state index < -0.39 is 10.0 Å². The van der Waals surface area contributed by atoms with Gasteiger partial charge in [-0.3, -0.25) is 4.90 Å². The molecule has 0 saturated carbocycles. The lowest BCUT2D eigenvalue weighted by atomic mass is 9.88. The smallest absolute Gasteiger partial charge is 0.244 e. The zero-order chi connectivity index (χ0) is 19.8. The van der Waals surface area contributed by atoms with Gasteiger partial charge in [-0.2, -0.15) is 4.31 Å². The van der Waals surface area contributed by atoms with Gasteiger partial charge in [0.25, 0.3) is 0 Å². The summed E-state index contributed by atoms with van der Waals surface area (Å²) in [6.07, 6.45) is 2.44. The Bertz CT molecular complexity index is 802. The highest BCUT2D eigenvalue weighted by Gasteiger charge is 2.46. The highest BCUT2D eigenvalue weighted by atomic mass is 32.2. The summed E-state index contributed by atoms with van der Waals surface area (Å²) in [5.74, 6) is 0.419. The van der Waals surface area contributed by atoms with Crippen molar-refractivity contribution in [2.45, 2.75) is 42.7 Å². The molecule has 1 atom stereocenters. The van der Waals surface area contributed by atoms with Gasteiger partial charge in [-0.05, 0) is 32.3 Å². The summed E-state index contributed by atoms with van der Waals surface area (Å²) in [4.78, 5) is 6.92. The summed E-state index contributed by atoms with van der Waals surface area (Å²) in [6.45, 7) is 6.85. The molecule has 3 fully saturated rings. The first kappa shape index (κ1) is 20.0. The van der Waals surface area contributed by atoms with Crippen LogP contribution in [-0.2, 0) is 19.5 Å². The van der Waals surface area contributed by atoms with Crippen LogP contribution in [0.2, 0.25) is 0 Å². The molecule has 8 nitrogen and oxygen atoms in total. The predicted molar refractivity (Wildman–Crippen MR) is 103 cm³/mol. The first-order valence-electron chi connectivity index (χ1n) is 9.91. The molecule has 4 heterocycles. The monoisotopic (exact) mass is 411 g/mol. The van der Waals surface area contributed by atoms with E-state index in [0.29, 0.717) is 30.7 Å². The van der Waals surface area contributed by atoms with Crippen LogP contribution in [0.1, 0.15) is 25.0 Å². The van der Waals surface area contributed by atoms with Crippen molar-refractivity contribution in [1.29, 1.82) is 0 Å². The maximum atomic E-state index is 13.1. The van der Waals surface area contributed by atoms with Gasteiger partial charge in [0, 0.05) is 38.3 Å². The van der Waals surface area contributed by atoms with Crippen LogP contribution in [0.25, 0.3) is 0 Å². The van der Waals surface area contributed by atoms with E-state index in [0.717, 1.165) is 52.2 Å². The van der Waals surface area contributed by atoms with E-state index in [-0.39, 0.29) is 10.5 Å². The van der Waals surface area contributed by atoms with Crippen molar-refractivity contribution in [3.63, 3.8) is 0 Å². The fourth-order valence-electron chi connectivity index (χ4n) is 4.53. The molecule has 0 amide bonds. The second kappa shape index (κ2) is 7.87. The number of sulfonamides is 1. The topological polar surface area (TPSA) is 81.2 Å². The Kier molecular flexibility index (Phi) is 5.63. The lowest BCUT2D eigenvalue weighted by Crippen LogP contribution is -2.48. The van der Waals surface area contributed by atoms with Crippen molar-refractivity contribution in [2.75, 3.05) is 53.1 Å². The lowest BCUT2D eigenvalue weighted by Gasteiger charge is -2.38. The summed E-state index contributed by atoms with van der Waals surface area (Å²) in [5, 5.41) is 0. The minimum atomic E-state index is -3.57. The molecule has 1 aromatic heterocycles. The number of piperidine rings is 1. The Labute approximate surface area is 166 Å². The molecule has 4 rings (SSSR count). The number of methoxy groups -OCH3 is 1. The van der Waals surface area contributed by atoms with Gasteiger partial charge in [0.1, 0.15) is 4.90 Å². The van der Waals surface area contributed by atoms with E-state index in [4.69, 9.17) is 14.2 Å². The number of hydrogen-bond donors (Lipinski definition) is 0. The molecule has 0 aliphatic carbocycles. The Balaban J connectivity index is 1.41. The molecule has 3 aliphatic rings. The summed E-state index contributed by atoms with van der Waals surface area (Å²) >= 11 is 0. The van der Waals surface area contributed by atoms with E-state index in [2.05, 4.69) is 9.88 Å². The van der Waals surface area contributed by atoms with Crippen LogP contribution < -0.4 is 4.74 Å².